The number of benzene rings is 2. The molecule has 0 aliphatic carbocycles. The fourth-order valence-electron chi connectivity index (χ4n) is 4.10. The minimum atomic E-state index is 0.0502. The van der Waals surface area contributed by atoms with Crippen LogP contribution < -0.4 is 29.3 Å². The lowest BCUT2D eigenvalue weighted by atomic mass is 10.1. The lowest BCUT2D eigenvalue weighted by Crippen LogP contribution is -3.28. The summed E-state index contributed by atoms with van der Waals surface area (Å²) in [4.78, 5) is 15.5. The van der Waals surface area contributed by atoms with Crippen LogP contribution in [0.25, 0.3) is 0 Å². The number of ether oxygens (including phenoxy) is 3. The molecule has 7 nitrogen and oxygen atoms in total. The van der Waals surface area contributed by atoms with E-state index in [2.05, 4.69) is 36.5 Å². The van der Waals surface area contributed by atoms with E-state index in [0.29, 0.717) is 30.3 Å². The van der Waals surface area contributed by atoms with Gasteiger partial charge in [0, 0.05) is 23.7 Å². The summed E-state index contributed by atoms with van der Waals surface area (Å²) >= 11 is 0. The molecule has 0 atom stereocenters. The average Bonchev–Trinajstić information content (AvgIpc) is 2.79. The predicted octanol–water partition coefficient (Wildman–Crippen LogP) is -0.379. The maximum Gasteiger partial charge on any atom is 0.275 e. The molecule has 1 aliphatic rings. The number of nitrogens with one attached hydrogen (secondary N) is 3. The van der Waals surface area contributed by atoms with Crippen molar-refractivity contribution in [1.82, 2.24) is 5.32 Å². The Morgan fingerprint density at radius 1 is 0.871 bits per heavy atom. The Bertz CT molecular complexity index is 879. The molecule has 0 aromatic heterocycles. The van der Waals surface area contributed by atoms with Crippen LogP contribution in [0.3, 0.4) is 0 Å². The van der Waals surface area contributed by atoms with Gasteiger partial charge in [-0.1, -0.05) is 24.3 Å². The minimum absolute atomic E-state index is 0.0502. The van der Waals surface area contributed by atoms with Crippen LogP contribution in [0.2, 0.25) is 0 Å². The highest BCUT2D eigenvalue weighted by Crippen LogP contribution is 2.34. The Morgan fingerprint density at radius 2 is 1.48 bits per heavy atom. The van der Waals surface area contributed by atoms with Crippen LogP contribution in [-0.2, 0) is 17.9 Å². The van der Waals surface area contributed by atoms with Gasteiger partial charge in [0.2, 0.25) is 0 Å². The molecule has 31 heavy (non-hydrogen) atoms. The van der Waals surface area contributed by atoms with Crippen molar-refractivity contribution in [2.24, 2.45) is 0 Å². The van der Waals surface area contributed by atoms with Crippen LogP contribution in [-0.4, -0.2) is 60.0 Å². The highest BCUT2D eigenvalue weighted by atomic mass is 16.5. The van der Waals surface area contributed by atoms with Crippen LogP contribution in [0.4, 0.5) is 0 Å². The summed E-state index contributed by atoms with van der Waals surface area (Å²) in [5, 5.41) is 3.03. The molecule has 2 aromatic rings. The number of hydrogen-bond donors (Lipinski definition) is 3. The molecule has 1 heterocycles. The third-order valence-corrected chi connectivity index (χ3v) is 6.04. The number of carbonyl (C=O) groups excluding carboxylic acids is 1. The molecular weight excluding hydrogens is 394 g/mol. The number of carbonyl (C=O) groups is 1. The molecule has 7 heteroatoms. The molecule has 1 saturated heterocycles. The normalized spacial score (nSPS) is 18.3. The first-order valence-electron chi connectivity index (χ1n) is 10.8. The van der Waals surface area contributed by atoms with E-state index in [-0.39, 0.29) is 5.91 Å². The molecular formula is C24H35N3O4+2. The molecule has 1 amide bonds. The van der Waals surface area contributed by atoms with Crippen LogP contribution in [0, 0.1) is 6.92 Å². The summed E-state index contributed by atoms with van der Waals surface area (Å²) in [6.45, 7) is 8.30. The van der Waals surface area contributed by atoms with Crippen molar-refractivity contribution in [1.29, 1.82) is 0 Å². The standard InChI is InChI=1S/C24H33N3O4/c1-18-7-5-6-8-19(18)16-26-9-11-27(12-10-26)17-24(28)25-15-20-13-22(30-3)23(31-4)14-21(20)29-2/h5-8,13-14H,9-12,15-17H2,1-4H3,(H,25,28)/p+2. The van der Waals surface area contributed by atoms with Gasteiger partial charge in [0.15, 0.2) is 18.0 Å². The molecule has 0 bridgehead atoms. The van der Waals surface area contributed by atoms with Crippen molar-refractivity contribution >= 4 is 5.91 Å². The van der Waals surface area contributed by atoms with Crippen molar-refractivity contribution in [2.45, 2.75) is 20.0 Å². The van der Waals surface area contributed by atoms with Crippen molar-refractivity contribution < 1.29 is 28.8 Å². The van der Waals surface area contributed by atoms with Crippen LogP contribution in [0.1, 0.15) is 16.7 Å². The average molecular weight is 430 g/mol. The fourth-order valence-corrected chi connectivity index (χ4v) is 4.10. The molecule has 1 fully saturated rings. The highest BCUT2D eigenvalue weighted by Gasteiger charge is 2.25. The lowest BCUT2D eigenvalue weighted by molar-refractivity contribution is -1.02. The molecule has 3 N–H and O–H groups in total. The second-order valence-electron chi connectivity index (χ2n) is 8.08. The van der Waals surface area contributed by atoms with Gasteiger partial charge in [0.05, 0.1) is 21.3 Å². The van der Waals surface area contributed by atoms with E-state index in [4.69, 9.17) is 14.2 Å². The molecule has 3 rings (SSSR count). The van der Waals surface area contributed by atoms with Gasteiger partial charge < -0.3 is 29.3 Å². The first-order chi connectivity index (χ1) is 15.0. The first-order valence-corrected chi connectivity index (χ1v) is 10.8. The Morgan fingerprint density at radius 3 is 2.13 bits per heavy atom. The zero-order chi connectivity index (χ0) is 22.2. The largest absolute Gasteiger partial charge is 0.496 e. The van der Waals surface area contributed by atoms with Crippen LogP contribution >= 0.6 is 0 Å². The van der Waals surface area contributed by atoms with Crippen molar-refractivity contribution in [3.8, 4) is 17.2 Å². The summed E-state index contributed by atoms with van der Waals surface area (Å²) in [7, 11) is 4.79. The molecule has 0 spiro atoms. The van der Waals surface area contributed by atoms with E-state index in [1.165, 1.54) is 16.0 Å². The summed E-state index contributed by atoms with van der Waals surface area (Å²) in [5.74, 6) is 1.93. The molecule has 2 aromatic carbocycles. The molecule has 0 saturated carbocycles. The van der Waals surface area contributed by atoms with Gasteiger partial charge >= 0.3 is 0 Å². The zero-order valence-corrected chi connectivity index (χ0v) is 19.0. The predicted molar refractivity (Wildman–Crippen MR) is 119 cm³/mol. The Kier molecular flexibility index (Phi) is 8.14. The molecule has 1 aliphatic heterocycles. The topological polar surface area (TPSA) is 65.7 Å². The minimum Gasteiger partial charge on any atom is -0.496 e. The van der Waals surface area contributed by atoms with Gasteiger partial charge in [0.1, 0.15) is 38.5 Å². The highest BCUT2D eigenvalue weighted by molar-refractivity contribution is 5.77. The first kappa shape index (κ1) is 22.9. The third-order valence-electron chi connectivity index (χ3n) is 6.04. The van der Waals surface area contributed by atoms with Gasteiger partial charge in [-0.05, 0) is 18.6 Å². The van der Waals surface area contributed by atoms with Crippen molar-refractivity contribution in [3.05, 3.63) is 53.1 Å². The van der Waals surface area contributed by atoms with E-state index in [0.717, 1.165) is 38.3 Å². The van der Waals surface area contributed by atoms with Gasteiger partial charge in [-0.25, -0.2) is 0 Å². The van der Waals surface area contributed by atoms with Crippen molar-refractivity contribution in [2.75, 3.05) is 54.1 Å². The zero-order valence-electron chi connectivity index (χ0n) is 19.0. The van der Waals surface area contributed by atoms with Gasteiger partial charge in [-0.2, -0.15) is 0 Å². The number of amides is 1. The maximum atomic E-state index is 12.5. The Balaban J connectivity index is 1.47. The van der Waals surface area contributed by atoms with E-state index in [9.17, 15) is 4.79 Å². The maximum absolute atomic E-state index is 12.5. The Labute approximate surface area is 184 Å². The summed E-state index contributed by atoms with van der Waals surface area (Å²) in [6, 6.07) is 12.2. The number of hydrogen-bond acceptors (Lipinski definition) is 4. The van der Waals surface area contributed by atoms with E-state index < -0.39 is 0 Å². The van der Waals surface area contributed by atoms with E-state index >= 15 is 0 Å². The second-order valence-corrected chi connectivity index (χ2v) is 8.08. The number of methoxy groups -OCH3 is 3. The second kappa shape index (κ2) is 11.0. The van der Waals surface area contributed by atoms with Crippen LogP contribution in [0.15, 0.2) is 36.4 Å². The molecule has 168 valence electrons. The summed E-state index contributed by atoms with van der Waals surface area (Å²) in [6.07, 6.45) is 0. The van der Waals surface area contributed by atoms with Gasteiger partial charge in [0.25, 0.3) is 5.91 Å². The molecule has 0 radical (unpaired) electrons. The number of piperazine rings is 1. The van der Waals surface area contributed by atoms with Crippen LogP contribution in [0.5, 0.6) is 17.2 Å². The third kappa shape index (κ3) is 6.12. The Hall–Kier alpha value is -2.77. The molecule has 0 unspecified atom stereocenters. The SMILES string of the molecule is COc1cc(OC)c(OC)cc1CNC(=O)C[NH+]1CC[NH+](Cc2ccccc2C)CC1. The lowest BCUT2D eigenvalue weighted by Gasteiger charge is -2.29. The van der Waals surface area contributed by atoms with E-state index in [1.807, 2.05) is 6.07 Å². The summed E-state index contributed by atoms with van der Waals surface area (Å²) in [5.41, 5.74) is 3.63. The number of aryl methyl sites for hydroxylation is 1. The van der Waals surface area contributed by atoms with Gasteiger partial charge in [-0.15, -0.1) is 0 Å². The van der Waals surface area contributed by atoms with Gasteiger partial charge in [-0.3, -0.25) is 4.79 Å². The van der Waals surface area contributed by atoms with Crippen molar-refractivity contribution in [3.63, 3.8) is 0 Å². The fraction of sp³-hybridized carbons (Fsp3) is 0.458. The number of rotatable bonds is 9. The summed E-state index contributed by atoms with van der Waals surface area (Å²) < 4.78 is 16.1. The van der Waals surface area contributed by atoms with E-state index in [1.54, 1.807) is 32.3 Å². The monoisotopic (exact) mass is 429 g/mol. The smallest absolute Gasteiger partial charge is 0.275 e. The number of quaternary nitrogens is 2. The quantitative estimate of drug-likeness (QED) is 0.509.